The second kappa shape index (κ2) is 7.97. The molecule has 20 heavy (non-hydrogen) atoms. The minimum absolute atomic E-state index is 0.00816. The van der Waals surface area contributed by atoms with E-state index in [0.29, 0.717) is 25.4 Å². The van der Waals surface area contributed by atoms with E-state index in [1.54, 1.807) is 12.1 Å². The Morgan fingerprint density at radius 1 is 1.50 bits per heavy atom. The molecule has 0 aliphatic rings. The molecule has 1 aromatic rings. The first kappa shape index (κ1) is 16.6. The van der Waals surface area contributed by atoms with E-state index in [1.807, 2.05) is 18.9 Å². The third-order valence-corrected chi connectivity index (χ3v) is 3.03. The maximum atomic E-state index is 11.6. The highest BCUT2D eigenvalue weighted by Gasteiger charge is 2.11. The number of phenols is 1. The monoisotopic (exact) mass is 300 g/mol. The van der Waals surface area contributed by atoms with Gasteiger partial charge < -0.3 is 15.2 Å². The molecule has 0 saturated heterocycles. The summed E-state index contributed by atoms with van der Waals surface area (Å²) in [5.41, 5.74) is 0.871. The van der Waals surface area contributed by atoms with E-state index in [0.717, 1.165) is 12.0 Å². The van der Waals surface area contributed by atoms with Gasteiger partial charge in [0.1, 0.15) is 0 Å². The Labute approximate surface area is 124 Å². The number of carbonyl (C=O) groups excluding carboxylic acids is 1. The third-order valence-electron chi connectivity index (χ3n) is 2.75. The van der Waals surface area contributed by atoms with Crippen molar-refractivity contribution in [1.29, 1.82) is 0 Å². The topological polar surface area (TPSA) is 61.8 Å². The molecule has 0 fully saturated rings. The molecule has 0 spiro atoms. The molecule has 0 aliphatic carbocycles. The predicted octanol–water partition coefficient (Wildman–Crippen LogP) is 2.01. The molecule has 0 bridgehead atoms. The molecule has 0 aromatic heterocycles. The lowest BCUT2D eigenvalue weighted by Crippen LogP contribution is -2.35. The maximum Gasteiger partial charge on any atom is 0.234 e. The maximum absolute atomic E-state index is 11.6. The number of carbonyl (C=O) groups is 1. The van der Waals surface area contributed by atoms with Crippen LogP contribution in [0.15, 0.2) is 12.1 Å². The van der Waals surface area contributed by atoms with Crippen LogP contribution in [0.5, 0.6) is 11.5 Å². The average molecular weight is 301 g/mol. The number of hydrogen-bond donors (Lipinski definition) is 2. The Morgan fingerprint density at radius 2 is 2.20 bits per heavy atom. The quantitative estimate of drug-likeness (QED) is 0.809. The highest BCUT2D eigenvalue weighted by atomic mass is 35.5. The first-order valence-corrected chi connectivity index (χ1v) is 6.86. The lowest BCUT2D eigenvalue weighted by atomic mass is 10.2. The van der Waals surface area contributed by atoms with Crippen molar-refractivity contribution < 1.29 is 14.6 Å². The summed E-state index contributed by atoms with van der Waals surface area (Å²) in [6.45, 7) is 3.54. The smallest absolute Gasteiger partial charge is 0.234 e. The number of nitrogens with zero attached hydrogens (tertiary/aromatic N) is 1. The SMILES string of the molecule is CCCNC(=O)CN(C)Cc1cc(Cl)c(O)c(OC)c1. The second-order valence-electron chi connectivity index (χ2n) is 4.65. The zero-order valence-electron chi connectivity index (χ0n) is 12.1. The number of methoxy groups -OCH3 is 1. The normalized spacial score (nSPS) is 10.7. The van der Waals surface area contributed by atoms with Crippen molar-refractivity contribution in [1.82, 2.24) is 10.2 Å². The highest BCUT2D eigenvalue weighted by Crippen LogP contribution is 2.35. The fraction of sp³-hybridized carbons (Fsp3) is 0.500. The lowest BCUT2D eigenvalue weighted by molar-refractivity contribution is -0.122. The zero-order valence-corrected chi connectivity index (χ0v) is 12.8. The summed E-state index contributed by atoms with van der Waals surface area (Å²) < 4.78 is 5.05. The molecular weight excluding hydrogens is 280 g/mol. The molecule has 0 saturated carbocycles. The molecular formula is C14H21ClN2O3. The number of phenolic OH excluding ortho intramolecular Hbond substituents is 1. The summed E-state index contributed by atoms with van der Waals surface area (Å²) in [6.07, 6.45) is 0.917. The van der Waals surface area contributed by atoms with E-state index in [-0.39, 0.29) is 16.7 Å². The van der Waals surface area contributed by atoms with Crippen molar-refractivity contribution in [3.63, 3.8) is 0 Å². The first-order valence-electron chi connectivity index (χ1n) is 6.48. The van der Waals surface area contributed by atoms with E-state index in [1.165, 1.54) is 7.11 Å². The van der Waals surface area contributed by atoms with Crippen LogP contribution in [0.25, 0.3) is 0 Å². The van der Waals surface area contributed by atoms with Gasteiger partial charge in [-0.3, -0.25) is 9.69 Å². The molecule has 1 rings (SSSR count). The van der Waals surface area contributed by atoms with E-state index in [4.69, 9.17) is 16.3 Å². The number of ether oxygens (including phenoxy) is 1. The summed E-state index contributed by atoms with van der Waals surface area (Å²) in [5.74, 6) is 0.254. The zero-order chi connectivity index (χ0) is 15.1. The van der Waals surface area contributed by atoms with Crippen molar-refractivity contribution in [2.45, 2.75) is 19.9 Å². The van der Waals surface area contributed by atoms with Gasteiger partial charge in [0.2, 0.25) is 5.91 Å². The lowest BCUT2D eigenvalue weighted by Gasteiger charge is -2.17. The van der Waals surface area contributed by atoms with E-state index < -0.39 is 0 Å². The van der Waals surface area contributed by atoms with Crippen LogP contribution in [0.2, 0.25) is 5.02 Å². The van der Waals surface area contributed by atoms with Gasteiger partial charge in [-0.1, -0.05) is 18.5 Å². The highest BCUT2D eigenvalue weighted by molar-refractivity contribution is 6.32. The van der Waals surface area contributed by atoms with Gasteiger partial charge in [-0.25, -0.2) is 0 Å². The molecule has 0 aliphatic heterocycles. The summed E-state index contributed by atoms with van der Waals surface area (Å²) in [4.78, 5) is 13.5. The van der Waals surface area contributed by atoms with Crippen LogP contribution in [0, 0.1) is 0 Å². The summed E-state index contributed by atoms with van der Waals surface area (Å²) >= 11 is 5.93. The number of halogens is 1. The summed E-state index contributed by atoms with van der Waals surface area (Å²) in [7, 11) is 3.32. The van der Waals surface area contributed by atoms with Gasteiger partial charge in [0, 0.05) is 13.1 Å². The number of aromatic hydroxyl groups is 1. The molecule has 0 unspecified atom stereocenters. The van der Waals surface area contributed by atoms with Crippen LogP contribution < -0.4 is 10.1 Å². The number of amides is 1. The van der Waals surface area contributed by atoms with Gasteiger partial charge in [0.05, 0.1) is 18.7 Å². The number of rotatable bonds is 7. The van der Waals surface area contributed by atoms with Crippen LogP contribution >= 0.6 is 11.6 Å². The number of benzene rings is 1. The van der Waals surface area contributed by atoms with Gasteiger partial charge in [-0.15, -0.1) is 0 Å². The van der Waals surface area contributed by atoms with Gasteiger partial charge in [0.25, 0.3) is 0 Å². The Hall–Kier alpha value is -1.46. The number of likely N-dealkylation sites (N-methyl/N-ethyl adjacent to an activating group) is 1. The Balaban J connectivity index is 2.64. The van der Waals surface area contributed by atoms with E-state index in [2.05, 4.69) is 5.32 Å². The first-order chi connectivity index (χ1) is 9.47. The number of nitrogens with one attached hydrogen (secondary N) is 1. The predicted molar refractivity (Wildman–Crippen MR) is 79.3 cm³/mol. The molecule has 0 radical (unpaired) electrons. The van der Waals surface area contributed by atoms with Gasteiger partial charge in [-0.05, 0) is 31.2 Å². The van der Waals surface area contributed by atoms with Crippen molar-refractivity contribution in [2.24, 2.45) is 0 Å². The largest absolute Gasteiger partial charge is 0.503 e. The molecule has 0 atom stereocenters. The van der Waals surface area contributed by atoms with Crippen molar-refractivity contribution in [3.05, 3.63) is 22.7 Å². The Kier molecular flexibility index (Phi) is 6.61. The molecule has 1 aromatic carbocycles. The average Bonchev–Trinajstić information content (AvgIpc) is 2.40. The minimum Gasteiger partial charge on any atom is -0.503 e. The molecule has 5 nitrogen and oxygen atoms in total. The molecule has 0 heterocycles. The standard InChI is InChI=1S/C14H21ClN2O3/c1-4-5-16-13(18)9-17(2)8-10-6-11(15)14(19)12(7-10)20-3/h6-7,19H,4-5,8-9H2,1-3H3,(H,16,18). The van der Waals surface area contributed by atoms with Crippen LogP contribution in [0.1, 0.15) is 18.9 Å². The van der Waals surface area contributed by atoms with Gasteiger partial charge in [-0.2, -0.15) is 0 Å². The molecule has 6 heteroatoms. The van der Waals surface area contributed by atoms with Gasteiger partial charge >= 0.3 is 0 Å². The van der Waals surface area contributed by atoms with Crippen LogP contribution in [0.4, 0.5) is 0 Å². The van der Waals surface area contributed by atoms with E-state index >= 15 is 0 Å². The second-order valence-corrected chi connectivity index (χ2v) is 5.06. The van der Waals surface area contributed by atoms with Crippen LogP contribution in [0.3, 0.4) is 0 Å². The van der Waals surface area contributed by atoms with E-state index in [9.17, 15) is 9.90 Å². The third kappa shape index (κ3) is 4.90. The van der Waals surface area contributed by atoms with Crippen LogP contribution in [-0.2, 0) is 11.3 Å². The molecule has 1 amide bonds. The Bertz CT molecular complexity index is 466. The fourth-order valence-electron chi connectivity index (χ4n) is 1.81. The van der Waals surface area contributed by atoms with Gasteiger partial charge in [0.15, 0.2) is 11.5 Å². The van der Waals surface area contributed by atoms with Crippen molar-refractivity contribution in [2.75, 3.05) is 27.2 Å². The van der Waals surface area contributed by atoms with Crippen LogP contribution in [-0.4, -0.2) is 43.2 Å². The summed E-state index contributed by atoms with van der Waals surface area (Å²) in [5, 5.41) is 12.7. The summed E-state index contributed by atoms with van der Waals surface area (Å²) in [6, 6.07) is 3.38. The minimum atomic E-state index is -0.0683. The Morgan fingerprint density at radius 3 is 2.80 bits per heavy atom. The number of hydrogen-bond acceptors (Lipinski definition) is 4. The fourth-order valence-corrected chi connectivity index (χ4v) is 2.04. The van der Waals surface area contributed by atoms with Crippen molar-refractivity contribution in [3.8, 4) is 11.5 Å². The van der Waals surface area contributed by atoms with Crippen molar-refractivity contribution >= 4 is 17.5 Å². The molecule has 2 N–H and O–H groups in total. The molecule has 112 valence electrons.